The summed E-state index contributed by atoms with van der Waals surface area (Å²) in [7, 11) is 0. The molecule has 154 valence electrons. The first-order valence-corrected chi connectivity index (χ1v) is 10.9. The van der Waals surface area contributed by atoms with Crippen LogP contribution in [0, 0.1) is 12.8 Å². The number of aromatic nitrogens is 3. The summed E-state index contributed by atoms with van der Waals surface area (Å²) in [5.74, 6) is 0.647. The van der Waals surface area contributed by atoms with Crippen molar-refractivity contribution in [1.82, 2.24) is 15.0 Å². The molecule has 1 N–H and O–H groups in total. The Morgan fingerprint density at radius 2 is 2.00 bits per heavy atom. The first-order chi connectivity index (χ1) is 13.9. The second-order valence-electron chi connectivity index (χ2n) is 7.63. The van der Waals surface area contributed by atoms with Crippen molar-refractivity contribution in [2.75, 3.05) is 19.8 Å². The Morgan fingerprint density at radius 3 is 2.76 bits per heavy atom. The van der Waals surface area contributed by atoms with Crippen molar-refractivity contribution in [1.29, 1.82) is 0 Å². The fourth-order valence-corrected chi connectivity index (χ4v) is 4.22. The van der Waals surface area contributed by atoms with Gasteiger partial charge in [-0.1, -0.05) is 12.1 Å². The zero-order valence-corrected chi connectivity index (χ0v) is 17.6. The van der Waals surface area contributed by atoms with Crippen molar-refractivity contribution in [2.24, 2.45) is 5.92 Å². The zero-order chi connectivity index (χ0) is 20.4. The summed E-state index contributed by atoms with van der Waals surface area (Å²) in [6, 6.07) is 9.47. The molecule has 29 heavy (non-hydrogen) atoms. The number of pyridine rings is 1. The molecule has 1 aliphatic heterocycles. The van der Waals surface area contributed by atoms with Crippen LogP contribution in [0.5, 0.6) is 5.75 Å². The van der Waals surface area contributed by atoms with E-state index in [0.29, 0.717) is 25.0 Å². The van der Waals surface area contributed by atoms with E-state index in [2.05, 4.69) is 15.0 Å². The van der Waals surface area contributed by atoms with Crippen molar-refractivity contribution in [3.8, 4) is 5.75 Å². The fraction of sp³-hybridized carbons (Fsp3) is 0.429. The van der Waals surface area contributed by atoms with Gasteiger partial charge in [-0.15, -0.1) is 0 Å². The smallest absolute Gasteiger partial charge is 0.322 e. The van der Waals surface area contributed by atoms with E-state index < -0.39 is 17.0 Å². The summed E-state index contributed by atoms with van der Waals surface area (Å²) in [5, 5.41) is 0.456. The summed E-state index contributed by atoms with van der Waals surface area (Å²) in [6.07, 6.45) is 1.69. The van der Waals surface area contributed by atoms with Crippen molar-refractivity contribution in [3.63, 3.8) is 0 Å². The van der Waals surface area contributed by atoms with Gasteiger partial charge in [0.15, 0.2) is 11.5 Å². The number of nitrogens with one attached hydrogen (secondary N) is 1. The standard InChI is InChI=1S/C21H25N3O4S/c1-14-18(13-29(25)20-23-16-6-4-5-7-17(16)24-20)22-9-8-19(14)26-10-15-11-27-21(2,3)28-12-15/h4-9,15H,10-13H2,1-3H3,(H,23,24). The molecular weight excluding hydrogens is 390 g/mol. The number of para-hydroxylation sites is 2. The number of ether oxygens (including phenoxy) is 3. The third-order valence-corrected chi connectivity index (χ3v) is 6.08. The molecule has 2 aromatic heterocycles. The highest BCUT2D eigenvalue weighted by molar-refractivity contribution is 7.90. The van der Waals surface area contributed by atoms with Crippen LogP contribution in [0.1, 0.15) is 25.1 Å². The third kappa shape index (κ3) is 4.72. The minimum absolute atomic E-state index is 0.170. The van der Waals surface area contributed by atoms with Gasteiger partial charge >= 0.3 is 5.16 Å². The van der Waals surface area contributed by atoms with E-state index in [-0.39, 0.29) is 11.7 Å². The number of H-pyrrole nitrogens is 1. The third-order valence-electron chi connectivity index (χ3n) is 4.92. The highest BCUT2D eigenvalue weighted by atomic mass is 32.2. The molecule has 4 rings (SSSR count). The van der Waals surface area contributed by atoms with Gasteiger partial charge in [-0.05, 0) is 39.0 Å². The molecule has 0 aliphatic carbocycles. The maximum atomic E-state index is 12.8. The van der Waals surface area contributed by atoms with Crippen LogP contribution in [-0.4, -0.2) is 45.1 Å². The average Bonchev–Trinajstić information content (AvgIpc) is 3.14. The molecule has 0 radical (unpaired) electrons. The normalized spacial score (nSPS) is 18.1. The van der Waals surface area contributed by atoms with Crippen LogP contribution in [0.4, 0.5) is 0 Å². The van der Waals surface area contributed by atoms with Gasteiger partial charge in [-0.3, -0.25) is 9.97 Å². The topological polar surface area (TPSA) is 92.3 Å². The second kappa shape index (κ2) is 8.31. The number of aromatic amines is 1. The maximum Gasteiger partial charge on any atom is 0.322 e. The van der Waals surface area contributed by atoms with E-state index in [9.17, 15) is 4.55 Å². The zero-order valence-electron chi connectivity index (χ0n) is 16.8. The molecule has 1 saturated heterocycles. The molecule has 1 aromatic carbocycles. The Kier molecular flexibility index (Phi) is 5.78. The second-order valence-corrected chi connectivity index (χ2v) is 9.00. The first-order valence-electron chi connectivity index (χ1n) is 9.59. The van der Waals surface area contributed by atoms with Crippen molar-refractivity contribution < 1.29 is 18.8 Å². The molecule has 1 unspecified atom stereocenters. The Bertz CT molecular complexity index is 948. The first kappa shape index (κ1) is 20.2. The van der Waals surface area contributed by atoms with Crippen molar-refractivity contribution >= 4 is 22.2 Å². The molecule has 0 amide bonds. The van der Waals surface area contributed by atoms with Gasteiger partial charge in [0.1, 0.15) is 5.75 Å². The van der Waals surface area contributed by atoms with E-state index in [4.69, 9.17) is 14.2 Å². The lowest BCUT2D eigenvalue weighted by Crippen LogP contribution is -2.41. The number of benzene rings is 1. The number of fused-ring (bicyclic) bond motifs is 1. The molecule has 3 aromatic rings. The minimum atomic E-state index is -1.33. The summed E-state index contributed by atoms with van der Waals surface area (Å²) >= 11 is -1.33. The molecule has 1 aliphatic rings. The monoisotopic (exact) mass is 415 g/mol. The van der Waals surface area contributed by atoms with E-state index in [1.807, 2.05) is 51.1 Å². The quantitative estimate of drug-likeness (QED) is 0.621. The Morgan fingerprint density at radius 1 is 1.24 bits per heavy atom. The van der Waals surface area contributed by atoms with Crippen LogP contribution in [-0.2, 0) is 26.4 Å². The molecule has 8 heteroatoms. The van der Waals surface area contributed by atoms with Gasteiger partial charge in [0, 0.05) is 28.9 Å². The fourth-order valence-electron chi connectivity index (χ4n) is 3.12. The highest BCUT2D eigenvalue weighted by Crippen LogP contribution is 2.26. The van der Waals surface area contributed by atoms with Crippen LogP contribution >= 0.6 is 0 Å². The highest BCUT2D eigenvalue weighted by Gasteiger charge is 2.29. The Balaban J connectivity index is 1.41. The van der Waals surface area contributed by atoms with Gasteiger partial charge in [0.25, 0.3) is 0 Å². The van der Waals surface area contributed by atoms with Gasteiger partial charge in [0.05, 0.1) is 36.5 Å². The number of nitrogens with zero attached hydrogens (tertiary/aromatic N) is 2. The molecule has 1 fully saturated rings. The summed E-state index contributed by atoms with van der Waals surface area (Å²) < 4.78 is 30.2. The van der Waals surface area contributed by atoms with E-state index in [1.165, 1.54) is 0 Å². The van der Waals surface area contributed by atoms with Crippen LogP contribution < -0.4 is 4.74 Å². The molecule has 3 heterocycles. The van der Waals surface area contributed by atoms with Crippen LogP contribution in [0.15, 0.2) is 41.7 Å². The lowest BCUT2D eigenvalue weighted by atomic mass is 10.1. The SMILES string of the molecule is Cc1c(OCC2COC(C)(C)OC2)ccnc1C[S+]([O-])c1nc2ccccc2[nH]1. The van der Waals surface area contributed by atoms with E-state index in [0.717, 1.165) is 28.0 Å². The lowest BCUT2D eigenvalue weighted by molar-refractivity contribution is -0.264. The van der Waals surface area contributed by atoms with Gasteiger partial charge in [0.2, 0.25) is 0 Å². The largest absolute Gasteiger partial charge is 0.609 e. The molecule has 0 saturated carbocycles. The predicted molar refractivity (Wildman–Crippen MR) is 110 cm³/mol. The average molecular weight is 416 g/mol. The predicted octanol–water partition coefficient (Wildman–Crippen LogP) is 3.35. The number of imidazole rings is 1. The van der Waals surface area contributed by atoms with Gasteiger partial charge in [-0.2, -0.15) is 4.98 Å². The summed E-state index contributed by atoms with van der Waals surface area (Å²) in [6.45, 7) is 7.44. The Hall–Kier alpha value is -2.13. The summed E-state index contributed by atoms with van der Waals surface area (Å²) in [5.41, 5.74) is 3.30. The molecule has 1 atom stereocenters. The van der Waals surface area contributed by atoms with Crippen molar-refractivity contribution in [3.05, 3.63) is 47.8 Å². The number of hydrogen-bond acceptors (Lipinski definition) is 6. The summed E-state index contributed by atoms with van der Waals surface area (Å²) in [4.78, 5) is 12.0. The van der Waals surface area contributed by atoms with E-state index in [1.54, 1.807) is 6.20 Å². The van der Waals surface area contributed by atoms with Gasteiger partial charge < -0.3 is 18.8 Å². The number of rotatable bonds is 6. The van der Waals surface area contributed by atoms with Crippen LogP contribution in [0.2, 0.25) is 0 Å². The molecule has 0 bridgehead atoms. The minimum Gasteiger partial charge on any atom is -0.609 e. The van der Waals surface area contributed by atoms with Crippen LogP contribution in [0.3, 0.4) is 0 Å². The Labute approximate surface area is 173 Å². The molecular formula is C21H25N3O4S. The molecule has 7 nitrogen and oxygen atoms in total. The lowest BCUT2D eigenvalue weighted by Gasteiger charge is -2.34. The number of hydrogen-bond donors (Lipinski definition) is 1. The van der Waals surface area contributed by atoms with E-state index >= 15 is 0 Å². The van der Waals surface area contributed by atoms with Crippen LogP contribution in [0.25, 0.3) is 11.0 Å². The van der Waals surface area contributed by atoms with Gasteiger partial charge in [-0.25, -0.2) is 0 Å². The maximum absolute atomic E-state index is 12.8. The van der Waals surface area contributed by atoms with Crippen molar-refractivity contribution in [2.45, 2.75) is 37.5 Å². The molecule has 0 spiro atoms.